The highest BCUT2D eigenvalue weighted by atomic mass is 32.1. The number of methoxy groups -OCH3 is 1. The molecule has 1 heterocycles. The lowest BCUT2D eigenvalue weighted by atomic mass is 9.47. The summed E-state index contributed by atoms with van der Waals surface area (Å²) in [6.45, 7) is 4.98. The van der Waals surface area contributed by atoms with Crippen molar-refractivity contribution in [2.24, 2.45) is 28.6 Å². The van der Waals surface area contributed by atoms with Gasteiger partial charge in [0.1, 0.15) is 6.10 Å². The molecule has 0 aromatic carbocycles. The van der Waals surface area contributed by atoms with Crippen LogP contribution in [0.25, 0.3) is 0 Å². The van der Waals surface area contributed by atoms with Crippen molar-refractivity contribution >= 4 is 23.3 Å². The highest BCUT2D eigenvalue weighted by molar-refractivity contribution is 7.13. The molecule has 7 atom stereocenters. The van der Waals surface area contributed by atoms with E-state index in [0.29, 0.717) is 23.2 Å². The predicted molar refractivity (Wildman–Crippen MR) is 130 cm³/mol. The Bertz CT molecular complexity index is 987. The van der Waals surface area contributed by atoms with E-state index < -0.39 is 5.97 Å². The van der Waals surface area contributed by atoms with Crippen molar-refractivity contribution in [3.05, 3.63) is 22.9 Å². The summed E-state index contributed by atoms with van der Waals surface area (Å²) in [6, 6.07) is 0. The van der Waals surface area contributed by atoms with E-state index in [1.54, 1.807) is 18.4 Å². The third kappa shape index (κ3) is 3.98. The van der Waals surface area contributed by atoms with Gasteiger partial charge in [-0.3, -0.25) is 9.59 Å². The molecule has 1 aromatic heterocycles. The van der Waals surface area contributed by atoms with Crippen molar-refractivity contribution in [2.75, 3.05) is 7.11 Å². The van der Waals surface area contributed by atoms with Gasteiger partial charge in [0.25, 0.3) is 0 Å². The number of hydrogen-bond acceptors (Lipinski definition) is 6. The SMILES string of the molecule is COc1cnc([C@H]2CCC3[C@@H]4CC=C5C[C@@H](OC(=O)CCC(=O)O)CC[C@]5(C)C4CC[C@@]32C)s1. The number of rotatable bonds is 6. The van der Waals surface area contributed by atoms with Gasteiger partial charge in [-0.1, -0.05) is 36.8 Å². The number of carbonyl (C=O) groups is 2. The second kappa shape index (κ2) is 8.96. The topological polar surface area (TPSA) is 85.7 Å². The molecule has 0 bridgehead atoms. The number of carbonyl (C=O) groups excluding carboxylic acids is 1. The molecule has 5 rings (SSSR count). The molecule has 4 aliphatic carbocycles. The van der Waals surface area contributed by atoms with Gasteiger partial charge >= 0.3 is 11.9 Å². The van der Waals surface area contributed by atoms with Crippen LogP contribution in [-0.4, -0.2) is 35.2 Å². The minimum Gasteiger partial charge on any atom is -0.486 e. The van der Waals surface area contributed by atoms with Crippen LogP contribution in [0.15, 0.2) is 17.8 Å². The average Bonchev–Trinajstić information content (AvgIpc) is 3.41. The number of carboxylic acids is 1. The number of esters is 1. The molecule has 7 heteroatoms. The van der Waals surface area contributed by atoms with E-state index in [9.17, 15) is 9.59 Å². The van der Waals surface area contributed by atoms with E-state index in [1.807, 2.05) is 6.20 Å². The molecular weight excluding hydrogens is 450 g/mol. The van der Waals surface area contributed by atoms with Crippen molar-refractivity contribution in [1.29, 1.82) is 0 Å². The molecule has 186 valence electrons. The normalized spacial score (nSPS) is 38.8. The van der Waals surface area contributed by atoms with Crippen molar-refractivity contribution in [3.8, 4) is 5.06 Å². The monoisotopic (exact) mass is 487 g/mol. The number of thiazole rings is 1. The second-order valence-electron chi connectivity index (χ2n) is 11.4. The minimum absolute atomic E-state index is 0.0424. The summed E-state index contributed by atoms with van der Waals surface area (Å²) in [5.41, 5.74) is 1.97. The van der Waals surface area contributed by atoms with E-state index in [-0.39, 0.29) is 30.3 Å². The van der Waals surface area contributed by atoms with Gasteiger partial charge in [0.15, 0.2) is 5.06 Å². The standard InChI is InChI=1S/C27H37NO5S/c1-26-12-10-17(33-23(31)9-8-22(29)30)14-16(26)4-5-18-19-6-7-21(25-28-15-24(32-3)34-25)27(19,2)13-11-20(18)26/h4,15,17-21H,5-14H2,1-3H3,(H,29,30)/t17-,18-,19?,20?,21+,26-,27-/m0/s1. The summed E-state index contributed by atoms with van der Waals surface area (Å²) >= 11 is 1.72. The second-order valence-corrected chi connectivity index (χ2v) is 12.4. The first kappa shape index (κ1) is 23.8. The first-order valence-electron chi connectivity index (χ1n) is 12.8. The summed E-state index contributed by atoms with van der Waals surface area (Å²) in [5.74, 6) is 1.34. The Morgan fingerprint density at radius 3 is 2.71 bits per heavy atom. The molecule has 3 fully saturated rings. The van der Waals surface area contributed by atoms with Crippen LogP contribution in [0.2, 0.25) is 0 Å². The van der Waals surface area contributed by atoms with Crippen LogP contribution in [0.3, 0.4) is 0 Å². The van der Waals surface area contributed by atoms with Crippen LogP contribution in [0.1, 0.15) is 89.0 Å². The molecule has 0 amide bonds. The van der Waals surface area contributed by atoms with Gasteiger partial charge in [0, 0.05) is 12.3 Å². The Kier molecular flexibility index (Phi) is 6.28. The van der Waals surface area contributed by atoms with Crippen molar-refractivity contribution < 1.29 is 24.2 Å². The molecule has 4 aliphatic rings. The largest absolute Gasteiger partial charge is 0.486 e. The van der Waals surface area contributed by atoms with Crippen LogP contribution >= 0.6 is 11.3 Å². The number of ether oxygens (including phenoxy) is 2. The fourth-order valence-corrected chi connectivity index (χ4v) is 9.14. The Balaban J connectivity index is 1.29. The minimum atomic E-state index is -0.957. The summed E-state index contributed by atoms with van der Waals surface area (Å²) in [6.07, 6.45) is 12.9. The van der Waals surface area contributed by atoms with E-state index in [0.717, 1.165) is 36.7 Å². The molecule has 3 saturated carbocycles. The number of nitrogens with zero attached hydrogens (tertiary/aromatic N) is 1. The number of hydrogen-bond donors (Lipinski definition) is 1. The molecule has 1 N–H and O–H groups in total. The lowest BCUT2D eigenvalue weighted by Gasteiger charge is -2.58. The number of fused-ring (bicyclic) bond motifs is 5. The Hall–Kier alpha value is -1.89. The zero-order chi connectivity index (χ0) is 24.1. The summed E-state index contributed by atoms with van der Waals surface area (Å²) in [5, 5.41) is 11.0. The molecule has 0 saturated heterocycles. The first-order chi connectivity index (χ1) is 16.2. The van der Waals surface area contributed by atoms with Crippen LogP contribution in [-0.2, 0) is 14.3 Å². The third-order valence-corrected chi connectivity index (χ3v) is 11.0. The number of carboxylic acid groups (broad SMARTS) is 1. The molecule has 6 nitrogen and oxygen atoms in total. The van der Waals surface area contributed by atoms with Crippen LogP contribution < -0.4 is 4.74 Å². The van der Waals surface area contributed by atoms with Crippen molar-refractivity contribution in [1.82, 2.24) is 4.98 Å². The van der Waals surface area contributed by atoms with E-state index >= 15 is 0 Å². The quantitative estimate of drug-likeness (QED) is 0.393. The zero-order valence-electron chi connectivity index (χ0n) is 20.5. The van der Waals surface area contributed by atoms with E-state index in [2.05, 4.69) is 19.9 Å². The number of allylic oxidation sites excluding steroid dienone is 1. The van der Waals surface area contributed by atoms with Gasteiger partial charge in [0.2, 0.25) is 0 Å². The molecular formula is C27H37NO5S. The van der Waals surface area contributed by atoms with Gasteiger partial charge in [-0.15, -0.1) is 0 Å². The highest BCUT2D eigenvalue weighted by Crippen LogP contribution is 2.68. The Morgan fingerprint density at radius 2 is 1.97 bits per heavy atom. The maximum atomic E-state index is 12.1. The van der Waals surface area contributed by atoms with Crippen molar-refractivity contribution in [3.63, 3.8) is 0 Å². The van der Waals surface area contributed by atoms with E-state index in [4.69, 9.17) is 19.6 Å². The molecule has 1 aromatic rings. The summed E-state index contributed by atoms with van der Waals surface area (Å²) in [4.78, 5) is 27.6. The maximum Gasteiger partial charge on any atom is 0.306 e. The fraction of sp³-hybridized carbons (Fsp3) is 0.741. The summed E-state index contributed by atoms with van der Waals surface area (Å²) in [7, 11) is 1.72. The predicted octanol–water partition coefficient (Wildman–Crippen LogP) is 5.97. The van der Waals surface area contributed by atoms with Gasteiger partial charge in [-0.25, -0.2) is 4.98 Å². The maximum absolute atomic E-state index is 12.1. The van der Waals surface area contributed by atoms with Gasteiger partial charge in [-0.05, 0) is 73.5 Å². The summed E-state index contributed by atoms with van der Waals surface area (Å²) < 4.78 is 11.1. The third-order valence-electron chi connectivity index (χ3n) is 9.90. The smallest absolute Gasteiger partial charge is 0.306 e. The van der Waals surface area contributed by atoms with Crippen LogP contribution in [0.4, 0.5) is 0 Å². The van der Waals surface area contributed by atoms with Crippen LogP contribution in [0.5, 0.6) is 5.06 Å². The Labute approximate surface area is 206 Å². The fourth-order valence-electron chi connectivity index (χ4n) is 8.12. The molecule has 34 heavy (non-hydrogen) atoms. The van der Waals surface area contributed by atoms with Gasteiger partial charge < -0.3 is 14.6 Å². The zero-order valence-corrected chi connectivity index (χ0v) is 21.4. The molecule has 0 aliphatic heterocycles. The lowest BCUT2D eigenvalue weighted by molar-refractivity contribution is -0.154. The lowest BCUT2D eigenvalue weighted by Crippen LogP contribution is -2.50. The highest BCUT2D eigenvalue weighted by Gasteiger charge is 2.59. The molecule has 2 unspecified atom stereocenters. The average molecular weight is 488 g/mol. The van der Waals surface area contributed by atoms with E-state index in [1.165, 1.54) is 36.3 Å². The number of aromatic nitrogens is 1. The number of aliphatic carboxylic acids is 1. The molecule has 0 spiro atoms. The van der Waals surface area contributed by atoms with Crippen LogP contribution in [0, 0.1) is 28.6 Å². The Morgan fingerprint density at radius 1 is 1.15 bits per heavy atom. The van der Waals surface area contributed by atoms with Gasteiger partial charge in [-0.2, -0.15) is 0 Å². The molecule has 0 radical (unpaired) electrons. The van der Waals surface area contributed by atoms with Crippen molar-refractivity contribution in [2.45, 2.75) is 90.1 Å². The first-order valence-corrected chi connectivity index (χ1v) is 13.7. The van der Waals surface area contributed by atoms with Gasteiger partial charge in [0.05, 0.1) is 31.2 Å².